The van der Waals surface area contributed by atoms with E-state index in [1.54, 1.807) is 0 Å². The monoisotopic (exact) mass is 236 g/mol. The predicted molar refractivity (Wildman–Crippen MR) is 55.1 cm³/mol. The van der Waals surface area contributed by atoms with Gasteiger partial charge in [0.2, 0.25) is 5.91 Å². The molecular formula is C8H16N2O4S. The molecule has 0 bridgehead atoms. The molecule has 2 N–H and O–H groups in total. The van der Waals surface area contributed by atoms with Crippen molar-refractivity contribution in [1.29, 1.82) is 0 Å². The number of nitrogens with two attached hydrogens (primary N) is 1. The van der Waals surface area contributed by atoms with E-state index in [9.17, 15) is 13.2 Å². The second-order valence-corrected chi connectivity index (χ2v) is 5.56. The highest BCUT2D eigenvalue weighted by Gasteiger charge is 2.22. The van der Waals surface area contributed by atoms with Gasteiger partial charge in [-0.2, -0.15) is 0 Å². The van der Waals surface area contributed by atoms with Crippen molar-refractivity contribution in [1.82, 2.24) is 4.90 Å². The van der Waals surface area contributed by atoms with Gasteiger partial charge in [0.25, 0.3) is 0 Å². The number of rotatable bonds is 4. The molecule has 0 aliphatic carbocycles. The highest BCUT2D eigenvalue weighted by atomic mass is 32.2. The average molecular weight is 236 g/mol. The van der Waals surface area contributed by atoms with Crippen LogP contribution in [0.3, 0.4) is 0 Å². The Morgan fingerprint density at radius 3 is 2.47 bits per heavy atom. The Kier molecular flexibility index (Phi) is 4.49. The van der Waals surface area contributed by atoms with Gasteiger partial charge in [-0.1, -0.05) is 0 Å². The summed E-state index contributed by atoms with van der Waals surface area (Å²) in [7, 11) is -3.34. The van der Waals surface area contributed by atoms with Crippen LogP contribution < -0.4 is 5.73 Å². The summed E-state index contributed by atoms with van der Waals surface area (Å²) in [6.45, 7) is 1.94. The third kappa shape index (κ3) is 4.15. The number of hydrogen-bond acceptors (Lipinski definition) is 5. The van der Waals surface area contributed by atoms with Crippen LogP contribution in [0.15, 0.2) is 0 Å². The molecule has 1 saturated heterocycles. The lowest BCUT2D eigenvalue weighted by Crippen LogP contribution is -2.43. The van der Waals surface area contributed by atoms with Crippen molar-refractivity contribution >= 4 is 15.7 Å². The number of nitrogens with zero attached hydrogens (tertiary/aromatic N) is 1. The maximum atomic E-state index is 11.5. The molecule has 0 unspecified atom stereocenters. The molecule has 1 fully saturated rings. The van der Waals surface area contributed by atoms with Crippen LogP contribution in [0.4, 0.5) is 0 Å². The number of hydrogen-bond donors (Lipinski definition) is 1. The smallest absolute Gasteiger partial charge is 0.237 e. The minimum absolute atomic E-state index is 0.0543. The average Bonchev–Trinajstić information content (AvgIpc) is 2.18. The Labute approximate surface area is 89.3 Å². The first-order chi connectivity index (χ1) is 7.05. The van der Waals surface area contributed by atoms with Gasteiger partial charge in [0, 0.05) is 19.6 Å². The fourth-order valence-electron chi connectivity index (χ4n) is 1.34. The highest BCUT2D eigenvalue weighted by Crippen LogP contribution is 2.00. The van der Waals surface area contributed by atoms with Crippen molar-refractivity contribution < 1.29 is 17.9 Å². The third-order valence-corrected chi connectivity index (χ3v) is 3.68. The summed E-state index contributed by atoms with van der Waals surface area (Å²) in [6.07, 6.45) is 0. The molecule has 88 valence electrons. The lowest BCUT2D eigenvalue weighted by molar-refractivity contribution is -0.132. The summed E-state index contributed by atoms with van der Waals surface area (Å²) in [5.41, 5.74) is 5.14. The summed E-state index contributed by atoms with van der Waals surface area (Å²) < 4.78 is 27.7. The van der Waals surface area contributed by atoms with Gasteiger partial charge >= 0.3 is 0 Å². The van der Waals surface area contributed by atoms with Crippen LogP contribution in [-0.2, 0) is 19.4 Å². The Hall–Kier alpha value is -0.660. The van der Waals surface area contributed by atoms with E-state index in [-0.39, 0.29) is 18.2 Å². The Balaban J connectivity index is 2.47. The normalized spacial score (nSPS) is 17.8. The third-order valence-electron chi connectivity index (χ3n) is 2.14. The van der Waals surface area contributed by atoms with E-state index in [4.69, 9.17) is 10.5 Å². The van der Waals surface area contributed by atoms with Gasteiger partial charge < -0.3 is 15.4 Å². The van der Waals surface area contributed by atoms with Gasteiger partial charge in [-0.3, -0.25) is 4.79 Å². The largest absolute Gasteiger partial charge is 0.378 e. The first-order valence-electron chi connectivity index (χ1n) is 4.81. The van der Waals surface area contributed by atoms with E-state index in [0.717, 1.165) is 0 Å². The van der Waals surface area contributed by atoms with Crippen LogP contribution in [0.1, 0.15) is 0 Å². The zero-order chi connectivity index (χ0) is 11.3. The number of morpholine rings is 1. The fourth-order valence-corrected chi connectivity index (χ4v) is 2.41. The first kappa shape index (κ1) is 12.4. The molecule has 1 heterocycles. The number of sulfone groups is 1. The van der Waals surface area contributed by atoms with Crippen LogP contribution >= 0.6 is 0 Å². The molecule has 6 nitrogen and oxygen atoms in total. The van der Waals surface area contributed by atoms with E-state index < -0.39 is 15.6 Å². The van der Waals surface area contributed by atoms with Gasteiger partial charge in [0.05, 0.1) is 19.0 Å². The van der Waals surface area contributed by atoms with E-state index in [2.05, 4.69) is 0 Å². The van der Waals surface area contributed by atoms with Crippen molar-refractivity contribution in [3.63, 3.8) is 0 Å². The van der Waals surface area contributed by atoms with Crippen LogP contribution in [-0.4, -0.2) is 63.6 Å². The van der Waals surface area contributed by atoms with Crippen LogP contribution in [0, 0.1) is 0 Å². The fraction of sp³-hybridized carbons (Fsp3) is 0.875. The standard InChI is InChI=1S/C8H16N2O4S/c9-1-6-15(12,13)7-8(11)10-2-4-14-5-3-10/h1-7,9H2. The van der Waals surface area contributed by atoms with Gasteiger partial charge in [0.15, 0.2) is 9.84 Å². The second kappa shape index (κ2) is 5.43. The summed E-state index contributed by atoms with van der Waals surface area (Å²) in [5, 5.41) is 0. The van der Waals surface area contributed by atoms with Crippen molar-refractivity contribution in [3.05, 3.63) is 0 Å². The lowest BCUT2D eigenvalue weighted by Gasteiger charge is -2.26. The molecule has 0 spiro atoms. The van der Waals surface area contributed by atoms with Gasteiger partial charge in [-0.05, 0) is 0 Å². The zero-order valence-electron chi connectivity index (χ0n) is 8.52. The quantitative estimate of drug-likeness (QED) is 0.623. The topological polar surface area (TPSA) is 89.7 Å². The molecule has 0 aromatic rings. The molecule has 0 radical (unpaired) electrons. The number of carbonyl (C=O) groups excluding carboxylic acids is 1. The van der Waals surface area contributed by atoms with Crippen molar-refractivity contribution in [2.24, 2.45) is 5.73 Å². The number of amides is 1. The summed E-state index contributed by atoms with van der Waals surface area (Å²) in [5.74, 6) is -0.931. The van der Waals surface area contributed by atoms with Crippen LogP contribution in [0.25, 0.3) is 0 Å². The van der Waals surface area contributed by atoms with E-state index >= 15 is 0 Å². The second-order valence-electron chi connectivity index (χ2n) is 3.37. The molecule has 0 saturated carbocycles. The SMILES string of the molecule is NCCS(=O)(=O)CC(=O)N1CCOCC1. The number of ether oxygens (including phenoxy) is 1. The van der Waals surface area contributed by atoms with E-state index in [0.29, 0.717) is 26.3 Å². The minimum atomic E-state index is -3.34. The van der Waals surface area contributed by atoms with Gasteiger partial charge in [-0.15, -0.1) is 0 Å². The Morgan fingerprint density at radius 1 is 1.33 bits per heavy atom. The molecule has 1 amide bonds. The maximum Gasteiger partial charge on any atom is 0.237 e. The van der Waals surface area contributed by atoms with Crippen molar-refractivity contribution in [2.45, 2.75) is 0 Å². The van der Waals surface area contributed by atoms with Gasteiger partial charge in [0.1, 0.15) is 5.75 Å². The molecule has 1 aliphatic rings. The zero-order valence-corrected chi connectivity index (χ0v) is 9.33. The summed E-state index contributed by atoms with van der Waals surface area (Å²) in [4.78, 5) is 13.1. The van der Waals surface area contributed by atoms with Crippen LogP contribution in [0.5, 0.6) is 0 Å². The van der Waals surface area contributed by atoms with E-state index in [1.165, 1.54) is 4.90 Å². The molecular weight excluding hydrogens is 220 g/mol. The van der Waals surface area contributed by atoms with E-state index in [1.807, 2.05) is 0 Å². The van der Waals surface area contributed by atoms with Gasteiger partial charge in [-0.25, -0.2) is 8.42 Å². The lowest BCUT2D eigenvalue weighted by atomic mass is 10.4. The molecule has 0 aromatic carbocycles. The summed E-state index contributed by atoms with van der Waals surface area (Å²) in [6, 6.07) is 0. The van der Waals surface area contributed by atoms with Crippen molar-refractivity contribution in [3.8, 4) is 0 Å². The maximum absolute atomic E-state index is 11.5. The predicted octanol–water partition coefficient (Wildman–Crippen LogP) is -1.78. The highest BCUT2D eigenvalue weighted by molar-refractivity contribution is 7.92. The Bertz CT molecular complexity index is 309. The molecule has 1 aliphatic heterocycles. The molecule has 0 aromatic heterocycles. The molecule has 15 heavy (non-hydrogen) atoms. The molecule has 0 atom stereocenters. The summed E-state index contributed by atoms with van der Waals surface area (Å²) >= 11 is 0. The minimum Gasteiger partial charge on any atom is -0.378 e. The number of carbonyl (C=O) groups is 1. The first-order valence-corrected chi connectivity index (χ1v) is 6.63. The van der Waals surface area contributed by atoms with Crippen LogP contribution in [0.2, 0.25) is 0 Å². The molecule has 7 heteroatoms. The van der Waals surface area contributed by atoms with Crippen molar-refractivity contribution in [2.75, 3.05) is 44.4 Å². The Morgan fingerprint density at radius 2 is 1.93 bits per heavy atom. The molecule has 1 rings (SSSR count).